The number of hydrogen-bond donors (Lipinski definition) is 0. The Labute approximate surface area is 104 Å². The van der Waals surface area contributed by atoms with E-state index in [1.54, 1.807) is 6.92 Å². The summed E-state index contributed by atoms with van der Waals surface area (Å²) in [6, 6.07) is 0. The van der Waals surface area contributed by atoms with Crippen molar-refractivity contribution >= 4 is 11.8 Å². The summed E-state index contributed by atoms with van der Waals surface area (Å²) < 4.78 is 4.92. The summed E-state index contributed by atoms with van der Waals surface area (Å²) in [7, 11) is 0. The third kappa shape index (κ3) is 6.72. The van der Waals surface area contributed by atoms with E-state index in [1.165, 1.54) is 0 Å². The highest BCUT2D eigenvalue weighted by atomic mass is 16.5. The fourth-order valence-corrected chi connectivity index (χ4v) is 1.44. The van der Waals surface area contributed by atoms with Crippen molar-refractivity contribution in [2.45, 2.75) is 40.0 Å². The lowest BCUT2D eigenvalue weighted by Crippen LogP contribution is -2.25. The molecule has 0 rings (SSSR count). The zero-order valence-electron chi connectivity index (χ0n) is 10.9. The first-order chi connectivity index (χ1) is 8.17. The van der Waals surface area contributed by atoms with Crippen LogP contribution in [0, 0.1) is 5.92 Å². The Morgan fingerprint density at radius 1 is 1.18 bits per heavy atom. The van der Waals surface area contributed by atoms with E-state index in [9.17, 15) is 9.59 Å². The fourth-order valence-electron chi connectivity index (χ4n) is 1.44. The second kappa shape index (κ2) is 9.82. The molecule has 0 amide bonds. The molecule has 0 fully saturated rings. The molecular formula is C14H22O3. The second-order valence-corrected chi connectivity index (χ2v) is 3.68. The average molecular weight is 238 g/mol. The topological polar surface area (TPSA) is 43.4 Å². The van der Waals surface area contributed by atoms with Gasteiger partial charge in [-0.2, -0.15) is 0 Å². The van der Waals surface area contributed by atoms with Crippen LogP contribution in [0.5, 0.6) is 0 Å². The number of Topliss-reactive ketones (excluding diaryl/α,β-unsaturated/α-hetero) is 1. The second-order valence-electron chi connectivity index (χ2n) is 3.68. The minimum Gasteiger partial charge on any atom is -0.465 e. The van der Waals surface area contributed by atoms with Gasteiger partial charge in [-0.1, -0.05) is 24.3 Å². The van der Waals surface area contributed by atoms with Crippen LogP contribution in [-0.4, -0.2) is 18.4 Å². The minimum absolute atomic E-state index is 0.0420. The maximum Gasteiger partial charge on any atom is 0.316 e. The molecule has 3 heteroatoms. The molecule has 3 nitrogen and oxygen atoms in total. The molecule has 0 aromatic rings. The predicted molar refractivity (Wildman–Crippen MR) is 68.6 cm³/mol. The summed E-state index contributed by atoms with van der Waals surface area (Å²) in [6.45, 7) is 5.84. The SMILES string of the molecule is CC=CCCC(=O)C(CC=CC)C(=O)OCC. The number of ketones is 1. The highest BCUT2D eigenvalue weighted by Crippen LogP contribution is 2.12. The molecule has 1 atom stereocenters. The quantitative estimate of drug-likeness (QED) is 0.371. The lowest BCUT2D eigenvalue weighted by atomic mass is 9.96. The van der Waals surface area contributed by atoms with Crippen LogP contribution in [0.25, 0.3) is 0 Å². The molecule has 96 valence electrons. The first kappa shape index (κ1) is 15.6. The van der Waals surface area contributed by atoms with Crippen LogP contribution in [0.4, 0.5) is 0 Å². The third-order valence-corrected chi connectivity index (χ3v) is 2.36. The Balaban J connectivity index is 4.43. The van der Waals surface area contributed by atoms with Gasteiger partial charge >= 0.3 is 5.97 Å². The first-order valence-electron chi connectivity index (χ1n) is 6.09. The van der Waals surface area contributed by atoms with Gasteiger partial charge in [-0.3, -0.25) is 9.59 Å². The molecule has 0 aromatic heterocycles. The molecule has 0 aliphatic carbocycles. The van der Waals surface area contributed by atoms with Crippen LogP contribution in [0.15, 0.2) is 24.3 Å². The zero-order chi connectivity index (χ0) is 13.1. The molecule has 1 unspecified atom stereocenters. The summed E-state index contributed by atoms with van der Waals surface area (Å²) in [4.78, 5) is 23.5. The highest BCUT2D eigenvalue weighted by molar-refractivity contribution is 5.99. The van der Waals surface area contributed by atoms with Gasteiger partial charge in [0, 0.05) is 6.42 Å². The van der Waals surface area contributed by atoms with E-state index in [1.807, 2.05) is 38.2 Å². The van der Waals surface area contributed by atoms with Gasteiger partial charge in [0.25, 0.3) is 0 Å². The van der Waals surface area contributed by atoms with E-state index in [-0.39, 0.29) is 5.78 Å². The largest absolute Gasteiger partial charge is 0.465 e. The van der Waals surface area contributed by atoms with Crippen LogP contribution in [0.2, 0.25) is 0 Å². The third-order valence-electron chi connectivity index (χ3n) is 2.36. The Bertz CT molecular complexity index is 290. The zero-order valence-corrected chi connectivity index (χ0v) is 10.9. The lowest BCUT2D eigenvalue weighted by Gasteiger charge is -2.12. The highest BCUT2D eigenvalue weighted by Gasteiger charge is 2.25. The van der Waals surface area contributed by atoms with Crippen molar-refractivity contribution in [1.29, 1.82) is 0 Å². The van der Waals surface area contributed by atoms with Crippen LogP contribution < -0.4 is 0 Å². The number of esters is 1. The molecule has 17 heavy (non-hydrogen) atoms. The van der Waals surface area contributed by atoms with Crippen LogP contribution in [-0.2, 0) is 14.3 Å². The molecule has 0 saturated heterocycles. The van der Waals surface area contributed by atoms with E-state index in [4.69, 9.17) is 4.74 Å². The predicted octanol–water partition coefficient (Wildman–Crippen LogP) is 3.06. The van der Waals surface area contributed by atoms with Crippen LogP contribution in [0.1, 0.15) is 40.0 Å². The molecule has 0 heterocycles. The number of allylic oxidation sites excluding steroid dienone is 4. The van der Waals surface area contributed by atoms with Gasteiger partial charge in [0.2, 0.25) is 0 Å². The average Bonchev–Trinajstić information content (AvgIpc) is 2.30. The lowest BCUT2D eigenvalue weighted by molar-refractivity contribution is -0.151. The maximum absolute atomic E-state index is 11.9. The monoisotopic (exact) mass is 238 g/mol. The van der Waals surface area contributed by atoms with Gasteiger partial charge in [-0.05, 0) is 33.6 Å². The summed E-state index contributed by atoms with van der Waals surface area (Å²) in [5.74, 6) is -1.09. The Morgan fingerprint density at radius 2 is 1.82 bits per heavy atom. The molecule has 0 saturated carbocycles. The van der Waals surface area contributed by atoms with Crippen molar-refractivity contribution < 1.29 is 14.3 Å². The van der Waals surface area contributed by atoms with Gasteiger partial charge in [0.05, 0.1) is 6.61 Å². The first-order valence-corrected chi connectivity index (χ1v) is 6.09. The minimum atomic E-state index is -0.642. The summed E-state index contributed by atoms with van der Waals surface area (Å²) in [5.41, 5.74) is 0. The number of hydrogen-bond acceptors (Lipinski definition) is 3. The van der Waals surface area contributed by atoms with E-state index < -0.39 is 11.9 Å². The molecule has 0 N–H and O–H groups in total. The molecule has 0 aromatic carbocycles. The molecule has 0 aliphatic rings. The number of ether oxygens (including phenoxy) is 1. The van der Waals surface area contributed by atoms with E-state index in [0.717, 1.165) is 0 Å². The van der Waals surface area contributed by atoms with Crippen molar-refractivity contribution in [3.05, 3.63) is 24.3 Å². The number of carbonyl (C=O) groups is 2. The Hall–Kier alpha value is -1.38. The van der Waals surface area contributed by atoms with E-state index in [0.29, 0.717) is 25.9 Å². The van der Waals surface area contributed by atoms with Crippen molar-refractivity contribution in [1.82, 2.24) is 0 Å². The Morgan fingerprint density at radius 3 is 2.35 bits per heavy atom. The van der Waals surface area contributed by atoms with Crippen LogP contribution in [0.3, 0.4) is 0 Å². The van der Waals surface area contributed by atoms with Gasteiger partial charge in [-0.25, -0.2) is 0 Å². The molecular weight excluding hydrogens is 216 g/mol. The normalized spacial score (nSPS) is 13.1. The summed E-state index contributed by atoms with van der Waals surface area (Å²) in [6.07, 6.45) is 9.01. The standard InChI is InChI=1S/C14H22O3/c1-4-7-9-11-13(15)12(10-8-5-2)14(16)17-6-3/h4-5,7-8,12H,6,9-11H2,1-3H3. The van der Waals surface area contributed by atoms with E-state index >= 15 is 0 Å². The molecule has 0 radical (unpaired) electrons. The van der Waals surface area contributed by atoms with Gasteiger partial charge < -0.3 is 4.74 Å². The summed E-state index contributed by atoms with van der Waals surface area (Å²) >= 11 is 0. The van der Waals surface area contributed by atoms with Crippen molar-refractivity contribution in [3.8, 4) is 0 Å². The van der Waals surface area contributed by atoms with Crippen molar-refractivity contribution in [2.75, 3.05) is 6.61 Å². The van der Waals surface area contributed by atoms with Crippen LogP contribution >= 0.6 is 0 Å². The molecule has 0 bridgehead atoms. The maximum atomic E-state index is 11.9. The number of carbonyl (C=O) groups excluding carboxylic acids is 2. The van der Waals surface area contributed by atoms with Gasteiger partial charge in [-0.15, -0.1) is 0 Å². The van der Waals surface area contributed by atoms with E-state index in [2.05, 4.69) is 0 Å². The van der Waals surface area contributed by atoms with Gasteiger partial charge in [0.15, 0.2) is 0 Å². The molecule has 0 aliphatic heterocycles. The number of rotatable bonds is 8. The summed E-state index contributed by atoms with van der Waals surface area (Å²) in [5, 5.41) is 0. The van der Waals surface area contributed by atoms with Crippen molar-refractivity contribution in [3.63, 3.8) is 0 Å². The smallest absolute Gasteiger partial charge is 0.316 e. The molecule has 0 spiro atoms. The Kier molecular flexibility index (Phi) is 9.02. The van der Waals surface area contributed by atoms with Gasteiger partial charge in [0.1, 0.15) is 11.7 Å². The van der Waals surface area contributed by atoms with Crippen molar-refractivity contribution in [2.24, 2.45) is 5.92 Å². The fraction of sp³-hybridized carbons (Fsp3) is 0.571.